The summed E-state index contributed by atoms with van der Waals surface area (Å²) in [4.78, 5) is 0. The Hall–Kier alpha value is 0.0900. The molecular formula is C17H31IO5. The van der Waals surface area contributed by atoms with E-state index < -0.39 is 0 Å². The average Bonchev–Trinajstić information content (AvgIpc) is 2.57. The van der Waals surface area contributed by atoms with Crippen LogP contribution in [0.4, 0.5) is 0 Å². The molecule has 23 heavy (non-hydrogen) atoms. The minimum atomic E-state index is 0.333. The molecule has 0 fully saturated rings. The van der Waals surface area contributed by atoms with Gasteiger partial charge in [0.25, 0.3) is 0 Å². The van der Waals surface area contributed by atoms with Crippen molar-refractivity contribution in [2.75, 3.05) is 70.5 Å². The third-order valence-electron chi connectivity index (χ3n) is 2.85. The second-order valence-corrected chi connectivity index (χ2v) is 5.89. The highest BCUT2D eigenvalue weighted by atomic mass is 127. The van der Waals surface area contributed by atoms with Gasteiger partial charge in [0.05, 0.1) is 52.9 Å². The van der Waals surface area contributed by atoms with E-state index in [4.69, 9.17) is 30.1 Å². The predicted molar refractivity (Wildman–Crippen MR) is 100 cm³/mol. The average molecular weight is 442 g/mol. The molecule has 0 aliphatic heterocycles. The fourth-order valence-electron chi connectivity index (χ4n) is 1.66. The summed E-state index contributed by atoms with van der Waals surface area (Å²) in [7, 11) is 0. The molecule has 0 aliphatic carbocycles. The Morgan fingerprint density at radius 2 is 1.00 bits per heavy atom. The number of hydrogen-bond acceptors (Lipinski definition) is 5. The Morgan fingerprint density at radius 3 is 1.48 bits per heavy atom. The molecule has 0 spiro atoms. The van der Waals surface area contributed by atoms with Crippen molar-refractivity contribution >= 4 is 22.6 Å². The zero-order chi connectivity index (χ0) is 16.8. The minimum Gasteiger partial charge on any atom is -0.379 e. The Kier molecular flexibility index (Phi) is 22.2. The first kappa shape index (κ1) is 23.1. The highest BCUT2D eigenvalue weighted by Crippen LogP contribution is 2.02. The van der Waals surface area contributed by atoms with Crippen molar-refractivity contribution in [1.29, 1.82) is 0 Å². The van der Waals surface area contributed by atoms with Crippen molar-refractivity contribution in [2.45, 2.75) is 25.7 Å². The molecule has 0 rings (SSSR count). The molecular weight excluding hydrogens is 411 g/mol. The largest absolute Gasteiger partial charge is 0.379 e. The molecule has 0 aromatic heterocycles. The molecule has 0 aliphatic rings. The van der Waals surface area contributed by atoms with E-state index in [9.17, 15) is 0 Å². The molecule has 0 saturated carbocycles. The molecule has 136 valence electrons. The third-order valence-corrected chi connectivity index (χ3v) is 3.61. The molecule has 0 atom stereocenters. The van der Waals surface area contributed by atoms with Crippen molar-refractivity contribution in [3.63, 3.8) is 0 Å². The lowest BCUT2D eigenvalue weighted by molar-refractivity contribution is -0.00935. The zero-order valence-electron chi connectivity index (χ0n) is 14.1. The van der Waals surface area contributed by atoms with Gasteiger partial charge in [0.15, 0.2) is 0 Å². The van der Waals surface area contributed by atoms with Crippen molar-refractivity contribution in [1.82, 2.24) is 0 Å². The number of terminal acetylenes is 1. The van der Waals surface area contributed by atoms with E-state index in [1.54, 1.807) is 0 Å². The highest BCUT2D eigenvalue weighted by Gasteiger charge is 1.94. The van der Waals surface area contributed by atoms with Crippen LogP contribution >= 0.6 is 22.6 Å². The lowest BCUT2D eigenvalue weighted by Crippen LogP contribution is -2.13. The lowest BCUT2D eigenvalue weighted by atomic mass is 10.2. The van der Waals surface area contributed by atoms with E-state index in [-0.39, 0.29) is 0 Å². The molecule has 0 radical (unpaired) electrons. The summed E-state index contributed by atoms with van der Waals surface area (Å²) in [6.45, 7) is 5.79. The maximum Gasteiger partial charge on any atom is 0.107 e. The van der Waals surface area contributed by atoms with Crippen LogP contribution in [0.25, 0.3) is 0 Å². The molecule has 0 heterocycles. The molecule has 0 aromatic carbocycles. The van der Waals surface area contributed by atoms with Crippen LogP contribution in [0.3, 0.4) is 0 Å². The van der Waals surface area contributed by atoms with Gasteiger partial charge in [-0.25, -0.2) is 0 Å². The maximum absolute atomic E-state index is 5.50. The van der Waals surface area contributed by atoms with Gasteiger partial charge in [0.2, 0.25) is 0 Å². The van der Waals surface area contributed by atoms with Crippen LogP contribution < -0.4 is 0 Å². The van der Waals surface area contributed by atoms with Crippen molar-refractivity contribution < 1.29 is 23.7 Å². The first-order chi connectivity index (χ1) is 11.4. The number of alkyl halides is 1. The van der Waals surface area contributed by atoms with Gasteiger partial charge in [0, 0.05) is 6.61 Å². The van der Waals surface area contributed by atoms with E-state index in [1.165, 1.54) is 23.7 Å². The highest BCUT2D eigenvalue weighted by molar-refractivity contribution is 14.1. The van der Waals surface area contributed by atoms with Gasteiger partial charge >= 0.3 is 0 Å². The summed E-state index contributed by atoms with van der Waals surface area (Å²) < 4.78 is 27.9. The van der Waals surface area contributed by atoms with Crippen LogP contribution in [0.1, 0.15) is 25.7 Å². The maximum atomic E-state index is 5.50. The Bertz CT molecular complexity index is 258. The quantitative estimate of drug-likeness (QED) is 0.133. The summed E-state index contributed by atoms with van der Waals surface area (Å²) in [5.41, 5.74) is 0. The van der Waals surface area contributed by atoms with Crippen LogP contribution in [-0.4, -0.2) is 70.5 Å². The van der Waals surface area contributed by atoms with E-state index in [0.717, 1.165) is 13.0 Å². The monoisotopic (exact) mass is 442 g/mol. The summed E-state index contributed by atoms with van der Waals surface area (Å²) in [6.07, 6.45) is 10.1. The van der Waals surface area contributed by atoms with Crippen LogP contribution in [-0.2, 0) is 23.7 Å². The summed E-state index contributed by atoms with van der Waals surface area (Å²) in [5, 5.41) is 0. The standard InChI is InChI=1S/C17H31IO5/c1-2-8-19-10-12-21-14-16-23-17-15-22-13-11-20-9-6-4-3-5-7-18/h1H,3-17H2. The van der Waals surface area contributed by atoms with E-state index >= 15 is 0 Å². The van der Waals surface area contributed by atoms with E-state index in [2.05, 4.69) is 28.5 Å². The number of unbranched alkanes of at least 4 members (excludes halogenated alkanes) is 3. The Balaban J connectivity index is 2.94. The summed E-state index contributed by atoms with van der Waals surface area (Å²) >= 11 is 2.42. The molecule has 0 aromatic rings. The third kappa shape index (κ3) is 22.1. The van der Waals surface area contributed by atoms with Gasteiger partial charge < -0.3 is 23.7 Å². The van der Waals surface area contributed by atoms with E-state index in [0.29, 0.717) is 59.5 Å². The molecule has 5 nitrogen and oxygen atoms in total. The van der Waals surface area contributed by atoms with E-state index in [1.807, 2.05) is 0 Å². The smallest absolute Gasteiger partial charge is 0.107 e. The lowest BCUT2D eigenvalue weighted by Gasteiger charge is -2.07. The molecule has 0 unspecified atom stereocenters. The van der Waals surface area contributed by atoms with Gasteiger partial charge in [-0.05, 0) is 17.3 Å². The van der Waals surface area contributed by atoms with Gasteiger partial charge in [0.1, 0.15) is 6.61 Å². The van der Waals surface area contributed by atoms with Gasteiger partial charge in [-0.3, -0.25) is 0 Å². The summed E-state index contributed by atoms with van der Waals surface area (Å²) in [5.74, 6) is 2.40. The van der Waals surface area contributed by atoms with Crippen LogP contribution in [0.2, 0.25) is 0 Å². The second-order valence-electron chi connectivity index (χ2n) is 4.81. The molecule has 0 N–H and O–H groups in total. The zero-order valence-corrected chi connectivity index (χ0v) is 16.3. The molecule has 0 saturated heterocycles. The Labute approximate surface area is 154 Å². The normalized spacial score (nSPS) is 10.8. The van der Waals surface area contributed by atoms with Crippen LogP contribution in [0, 0.1) is 12.3 Å². The molecule has 6 heteroatoms. The molecule has 0 amide bonds. The topological polar surface area (TPSA) is 46.2 Å². The number of hydrogen-bond donors (Lipinski definition) is 0. The summed E-state index contributed by atoms with van der Waals surface area (Å²) in [6, 6.07) is 0. The first-order valence-corrected chi connectivity index (χ1v) is 9.82. The van der Waals surface area contributed by atoms with Crippen molar-refractivity contribution in [3.05, 3.63) is 0 Å². The van der Waals surface area contributed by atoms with Gasteiger partial charge in [-0.15, -0.1) is 6.42 Å². The van der Waals surface area contributed by atoms with Crippen LogP contribution in [0.5, 0.6) is 0 Å². The van der Waals surface area contributed by atoms with Gasteiger partial charge in [-0.1, -0.05) is 41.4 Å². The first-order valence-electron chi connectivity index (χ1n) is 8.30. The van der Waals surface area contributed by atoms with Crippen molar-refractivity contribution in [3.8, 4) is 12.3 Å². The number of rotatable bonds is 19. The second kappa shape index (κ2) is 22.1. The SMILES string of the molecule is C#CCOCCOCCOCCOCCOCCCCCCI. The number of halogens is 1. The predicted octanol–water partition coefficient (Wildman–Crippen LogP) is 2.70. The van der Waals surface area contributed by atoms with Gasteiger partial charge in [-0.2, -0.15) is 0 Å². The molecule has 0 bridgehead atoms. The minimum absolute atomic E-state index is 0.333. The fourth-order valence-corrected chi connectivity index (χ4v) is 2.20. The Morgan fingerprint density at radius 1 is 0.565 bits per heavy atom. The fraction of sp³-hybridized carbons (Fsp3) is 0.882. The number of ether oxygens (including phenoxy) is 5. The van der Waals surface area contributed by atoms with Crippen LogP contribution in [0.15, 0.2) is 0 Å². The van der Waals surface area contributed by atoms with Crippen molar-refractivity contribution in [2.24, 2.45) is 0 Å².